The van der Waals surface area contributed by atoms with Crippen molar-refractivity contribution < 1.29 is 9.18 Å². The van der Waals surface area contributed by atoms with E-state index in [1.165, 1.54) is 47.4 Å². The van der Waals surface area contributed by atoms with Crippen LogP contribution >= 0.6 is 23.1 Å². The predicted octanol–water partition coefficient (Wildman–Crippen LogP) is 3.56. The molecule has 0 radical (unpaired) electrons. The summed E-state index contributed by atoms with van der Waals surface area (Å²) >= 11 is 2.71. The minimum Gasteiger partial charge on any atom is -0.296 e. The minimum absolute atomic E-state index is 0.335. The van der Waals surface area contributed by atoms with Crippen molar-refractivity contribution >= 4 is 34.1 Å². The lowest BCUT2D eigenvalue weighted by Gasteiger charge is -2.00. The number of halogens is 1. The molecule has 0 bridgehead atoms. The number of hydrogen-bond donors (Lipinski definition) is 1. The van der Waals surface area contributed by atoms with Gasteiger partial charge in [0.15, 0.2) is 4.34 Å². The van der Waals surface area contributed by atoms with Gasteiger partial charge in [0.25, 0.3) is 5.91 Å². The number of rotatable bonds is 4. The van der Waals surface area contributed by atoms with Crippen LogP contribution in [-0.4, -0.2) is 16.1 Å². The number of amides is 1. The van der Waals surface area contributed by atoms with E-state index in [0.29, 0.717) is 10.7 Å². The number of allylic oxidation sites excluding steroid dienone is 1. The van der Waals surface area contributed by atoms with Crippen LogP contribution in [0, 0.1) is 5.82 Å². The highest BCUT2D eigenvalue weighted by atomic mass is 32.2. The Hall–Kier alpha value is -1.73. The van der Waals surface area contributed by atoms with Crippen molar-refractivity contribution in [2.75, 3.05) is 5.32 Å². The monoisotopic (exact) mass is 295 g/mol. The molecular formula is C12H10FN3OS2. The lowest BCUT2D eigenvalue weighted by Crippen LogP contribution is -2.11. The zero-order chi connectivity index (χ0) is 13.7. The van der Waals surface area contributed by atoms with Crippen molar-refractivity contribution in [2.45, 2.75) is 11.3 Å². The molecule has 0 aliphatic carbocycles. The quantitative estimate of drug-likeness (QED) is 0.692. The Kier molecular flexibility index (Phi) is 4.64. The van der Waals surface area contributed by atoms with E-state index in [0.717, 1.165) is 4.34 Å². The molecule has 0 saturated carbocycles. The SMILES string of the molecule is CC=CSc1nnc(NC(=O)c2ccc(F)cc2)s1. The maximum atomic E-state index is 12.7. The Morgan fingerprint density at radius 2 is 2.11 bits per heavy atom. The van der Waals surface area contributed by atoms with Gasteiger partial charge in [-0.2, -0.15) is 0 Å². The van der Waals surface area contributed by atoms with Gasteiger partial charge in [-0.3, -0.25) is 10.1 Å². The second-order valence-corrected chi connectivity index (χ2v) is 5.55. The van der Waals surface area contributed by atoms with Gasteiger partial charge in [0.05, 0.1) is 0 Å². The molecule has 7 heteroatoms. The molecule has 0 aliphatic rings. The zero-order valence-corrected chi connectivity index (χ0v) is 11.6. The smallest absolute Gasteiger partial charge is 0.257 e. The van der Waals surface area contributed by atoms with E-state index in [4.69, 9.17) is 0 Å². The molecule has 19 heavy (non-hydrogen) atoms. The van der Waals surface area contributed by atoms with Crippen molar-refractivity contribution in [2.24, 2.45) is 0 Å². The van der Waals surface area contributed by atoms with E-state index in [1.807, 2.05) is 18.4 Å². The molecule has 2 rings (SSSR count). The number of carbonyl (C=O) groups excluding carboxylic acids is 1. The third kappa shape index (κ3) is 3.87. The number of benzene rings is 1. The van der Waals surface area contributed by atoms with Crippen molar-refractivity contribution in [1.82, 2.24) is 10.2 Å². The normalized spacial score (nSPS) is 10.8. The highest BCUT2D eigenvalue weighted by Gasteiger charge is 2.10. The number of hydrogen-bond acceptors (Lipinski definition) is 5. The van der Waals surface area contributed by atoms with Gasteiger partial charge in [-0.25, -0.2) is 4.39 Å². The average molecular weight is 295 g/mol. The Labute approximate surface area is 117 Å². The van der Waals surface area contributed by atoms with E-state index < -0.39 is 0 Å². The number of nitrogens with one attached hydrogen (secondary N) is 1. The van der Waals surface area contributed by atoms with Crippen molar-refractivity contribution in [3.05, 3.63) is 47.1 Å². The van der Waals surface area contributed by atoms with E-state index in [2.05, 4.69) is 15.5 Å². The summed E-state index contributed by atoms with van der Waals surface area (Å²) in [6.07, 6.45) is 1.89. The maximum Gasteiger partial charge on any atom is 0.257 e. The fourth-order valence-corrected chi connectivity index (χ4v) is 2.61. The lowest BCUT2D eigenvalue weighted by atomic mass is 10.2. The van der Waals surface area contributed by atoms with Crippen LogP contribution in [0.5, 0.6) is 0 Å². The standard InChI is InChI=1S/C12H10FN3OS2/c1-2-7-18-12-16-15-11(19-12)14-10(17)8-3-5-9(13)6-4-8/h2-7H,1H3,(H,14,15,17). The summed E-state index contributed by atoms with van der Waals surface area (Å²) in [6.45, 7) is 1.91. The Morgan fingerprint density at radius 1 is 1.37 bits per heavy atom. The summed E-state index contributed by atoms with van der Waals surface area (Å²) in [5.41, 5.74) is 0.374. The van der Waals surface area contributed by atoms with E-state index in [9.17, 15) is 9.18 Å². The molecule has 0 spiro atoms. The number of nitrogens with zero attached hydrogens (tertiary/aromatic N) is 2. The molecule has 1 amide bonds. The van der Waals surface area contributed by atoms with Crippen LogP contribution in [0.3, 0.4) is 0 Å². The molecule has 0 fully saturated rings. The van der Waals surface area contributed by atoms with Gasteiger partial charge in [0.1, 0.15) is 5.82 Å². The van der Waals surface area contributed by atoms with Gasteiger partial charge < -0.3 is 0 Å². The summed E-state index contributed by atoms with van der Waals surface area (Å²) in [6, 6.07) is 5.31. The van der Waals surface area contributed by atoms with Gasteiger partial charge in [-0.05, 0) is 36.6 Å². The summed E-state index contributed by atoms with van der Waals surface area (Å²) in [5.74, 6) is -0.712. The number of anilines is 1. The summed E-state index contributed by atoms with van der Waals surface area (Å²) in [5, 5.41) is 12.7. The number of aromatic nitrogens is 2. The fourth-order valence-electron chi connectivity index (χ4n) is 1.20. The van der Waals surface area contributed by atoms with Gasteiger partial charge in [-0.15, -0.1) is 10.2 Å². The molecule has 98 valence electrons. The van der Waals surface area contributed by atoms with Crippen LogP contribution in [0.2, 0.25) is 0 Å². The van der Waals surface area contributed by atoms with Crippen molar-refractivity contribution in [3.8, 4) is 0 Å². The largest absolute Gasteiger partial charge is 0.296 e. The van der Waals surface area contributed by atoms with Crippen LogP contribution in [-0.2, 0) is 0 Å². The van der Waals surface area contributed by atoms with Crippen molar-refractivity contribution in [3.63, 3.8) is 0 Å². The Morgan fingerprint density at radius 3 is 2.79 bits per heavy atom. The molecule has 1 N–H and O–H groups in total. The van der Waals surface area contributed by atoms with Gasteiger partial charge >= 0.3 is 0 Å². The fraction of sp³-hybridized carbons (Fsp3) is 0.0833. The molecule has 0 saturated heterocycles. The van der Waals surface area contributed by atoms with Crippen LogP contribution in [0.1, 0.15) is 17.3 Å². The molecule has 0 unspecified atom stereocenters. The summed E-state index contributed by atoms with van der Waals surface area (Å²) in [4.78, 5) is 11.8. The van der Waals surface area contributed by atoms with Crippen LogP contribution in [0.4, 0.5) is 9.52 Å². The Bertz CT molecular complexity index is 595. The third-order valence-electron chi connectivity index (χ3n) is 2.04. The molecule has 4 nitrogen and oxygen atoms in total. The maximum absolute atomic E-state index is 12.7. The molecule has 1 aromatic heterocycles. The summed E-state index contributed by atoms with van der Waals surface area (Å²) in [7, 11) is 0. The molecule has 1 aromatic carbocycles. The molecular weight excluding hydrogens is 285 g/mol. The first-order valence-electron chi connectivity index (χ1n) is 5.37. The first kappa shape index (κ1) is 13.7. The first-order valence-corrected chi connectivity index (χ1v) is 7.07. The highest BCUT2D eigenvalue weighted by Crippen LogP contribution is 2.26. The second kappa shape index (κ2) is 6.44. The van der Waals surface area contributed by atoms with Gasteiger partial charge in [0, 0.05) is 5.56 Å². The molecule has 0 aliphatic heterocycles. The van der Waals surface area contributed by atoms with E-state index >= 15 is 0 Å². The predicted molar refractivity (Wildman–Crippen MR) is 74.9 cm³/mol. The average Bonchev–Trinajstić information content (AvgIpc) is 2.84. The van der Waals surface area contributed by atoms with Gasteiger partial charge in [0.2, 0.25) is 5.13 Å². The minimum atomic E-state index is -0.377. The molecule has 2 aromatic rings. The van der Waals surface area contributed by atoms with Crippen LogP contribution in [0.25, 0.3) is 0 Å². The lowest BCUT2D eigenvalue weighted by molar-refractivity contribution is 0.102. The highest BCUT2D eigenvalue weighted by molar-refractivity contribution is 8.03. The van der Waals surface area contributed by atoms with E-state index in [-0.39, 0.29) is 11.7 Å². The third-order valence-corrected chi connectivity index (χ3v) is 3.90. The molecule has 1 heterocycles. The topological polar surface area (TPSA) is 54.9 Å². The van der Waals surface area contributed by atoms with Gasteiger partial charge in [-0.1, -0.05) is 29.2 Å². The number of carbonyl (C=O) groups is 1. The molecule has 0 atom stereocenters. The van der Waals surface area contributed by atoms with Crippen LogP contribution < -0.4 is 5.32 Å². The second-order valence-electron chi connectivity index (χ2n) is 3.42. The summed E-state index contributed by atoms with van der Waals surface area (Å²) < 4.78 is 13.5. The Balaban J connectivity index is 2.02. The number of thioether (sulfide) groups is 1. The van der Waals surface area contributed by atoms with Crippen molar-refractivity contribution in [1.29, 1.82) is 0 Å². The first-order chi connectivity index (χ1) is 9.19. The zero-order valence-electron chi connectivity index (χ0n) is 9.96. The van der Waals surface area contributed by atoms with E-state index in [1.54, 1.807) is 0 Å². The van der Waals surface area contributed by atoms with Crippen LogP contribution in [0.15, 0.2) is 40.1 Å².